The molecule has 0 radical (unpaired) electrons. The van der Waals surface area contributed by atoms with Gasteiger partial charge in [-0.05, 0) is 42.8 Å². The summed E-state index contributed by atoms with van der Waals surface area (Å²) >= 11 is 0. The Morgan fingerprint density at radius 3 is 2.48 bits per heavy atom. The smallest absolute Gasteiger partial charge is 0.0702 e. The first kappa shape index (κ1) is 19.4. The predicted octanol–water partition coefficient (Wildman–Crippen LogP) is 4.62. The second kappa shape index (κ2) is 9.51. The molecule has 0 fully saturated rings. The zero-order valence-corrected chi connectivity index (χ0v) is 14.7. The Morgan fingerprint density at radius 2 is 1.74 bits per heavy atom. The van der Waals surface area contributed by atoms with Gasteiger partial charge < -0.3 is 5.32 Å². The highest BCUT2D eigenvalue weighted by atomic mass is 35.5. The van der Waals surface area contributed by atoms with Gasteiger partial charge in [0.05, 0.1) is 5.52 Å². The highest BCUT2D eigenvalue weighted by Gasteiger charge is 2.12. The summed E-state index contributed by atoms with van der Waals surface area (Å²) in [5.41, 5.74) is 3.81. The van der Waals surface area contributed by atoms with Crippen LogP contribution in [0.3, 0.4) is 0 Å². The Kier molecular flexibility index (Phi) is 8.04. The number of pyridine rings is 1. The molecule has 3 rings (SSSR count). The molecule has 2 nitrogen and oxygen atoms in total. The molecule has 0 saturated carbocycles. The van der Waals surface area contributed by atoms with E-state index in [1.54, 1.807) is 0 Å². The molecular weight excluding hydrogens is 327 g/mol. The lowest BCUT2D eigenvalue weighted by Crippen LogP contribution is -2.19. The molecule has 3 aromatic rings. The third-order valence-corrected chi connectivity index (χ3v) is 3.87. The van der Waals surface area contributed by atoms with Gasteiger partial charge in [0.1, 0.15) is 0 Å². The van der Waals surface area contributed by atoms with E-state index in [9.17, 15) is 0 Å². The average molecular weight is 349 g/mol. The Morgan fingerprint density at radius 1 is 0.957 bits per heavy atom. The van der Waals surface area contributed by atoms with Crippen LogP contribution in [-0.2, 0) is 6.42 Å². The first-order chi connectivity index (χ1) is 10.4. The Labute approximate surface area is 150 Å². The standard InChI is InChI=1S/C19H20N2.2ClH/c1-20-14-18(12-15-6-3-2-4-7-15)16-9-10-19-17(13-16)8-5-11-21-19;;/h2-11,13,18,20H,12,14H2,1H3;2*1H/t18-;;/m1../s1. The summed E-state index contributed by atoms with van der Waals surface area (Å²) < 4.78 is 0. The van der Waals surface area contributed by atoms with E-state index < -0.39 is 0 Å². The molecular formula is C19H22Cl2N2. The zero-order valence-electron chi connectivity index (χ0n) is 13.1. The van der Waals surface area contributed by atoms with Crippen LogP contribution < -0.4 is 5.32 Å². The van der Waals surface area contributed by atoms with Gasteiger partial charge in [-0.25, -0.2) is 0 Å². The van der Waals surface area contributed by atoms with Crippen molar-refractivity contribution in [3.8, 4) is 0 Å². The van der Waals surface area contributed by atoms with Crippen LogP contribution in [0.5, 0.6) is 0 Å². The van der Waals surface area contributed by atoms with Gasteiger partial charge in [0.2, 0.25) is 0 Å². The van der Waals surface area contributed by atoms with Crippen LogP contribution in [-0.4, -0.2) is 18.6 Å². The molecule has 0 saturated heterocycles. The van der Waals surface area contributed by atoms with Crippen LogP contribution in [0.25, 0.3) is 10.9 Å². The monoisotopic (exact) mass is 348 g/mol. The van der Waals surface area contributed by atoms with Crippen molar-refractivity contribution in [1.82, 2.24) is 10.3 Å². The fourth-order valence-electron chi connectivity index (χ4n) is 2.80. The minimum atomic E-state index is 0. The van der Waals surface area contributed by atoms with Crippen molar-refractivity contribution in [2.75, 3.05) is 13.6 Å². The average Bonchev–Trinajstić information content (AvgIpc) is 2.55. The van der Waals surface area contributed by atoms with Crippen molar-refractivity contribution < 1.29 is 0 Å². The third-order valence-electron chi connectivity index (χ3n) is 3.87. The maximum atomic E-state index is 4.40. The fraction of sp³-hybridized carbons (Fsp3) is 0.211. The molecule has 0 spiro atoms. The van der Waals surface area contributed by atoms with E-state index in [-0.39, 0.29) is 24.8 Å². The van der Waals surface area contributed by atoms with Gasteiger partial charge in [-0.15, -0.1) is 24.8 Å². The van der Waals surface area contributed by atoms with E-state index in [0.29, 0.717) is 5.92 Å². The number of nitrogens with zero attached hydrogens (tertiary/aromatic N) is 1. The van der Waals surface area contributed by atoms with E-state index in [1.807, 2.05) is 19.3 Å². The summed E-state index contributed by atoms with van der Waals surface area (Å²) in [6, 6.07) is 21.4. The van der Waals surface area contributed by atoms with Gasteiger partial charge in [-0.1, -0.05) is 42.5 Å². The van der Waals surface area contributed by atoms with Crippen LogP contribution in [0.15, 0.2) is 66.9 Å². The summed E-state index contributed by atoms with van der Waals surface area (Å²) in [4.78, 5) is 4.40. The Balaban J connectivity index is 0.00000132. The van der Waals surface area contributed by atoms with E-state index in [4.69, 9.17) is 0 Å². The molecule has 4 heteroatoms. The van der Waals surface area contributed by atoms with Crippen LogP contribution in [0, 0.1) is 0 Å². The third kappa shape index (κ3) is 4.93. The van der Waals surface area contributed by atoms with Gasteiger partial charge in [0.25, 0.3) is 0 Å². The normalized spacial score (nSPS) is 11.3. The summed E-state index contributed by atoms with van der Waals surface area (Å²) in [7, 11) is 2.01. The molecule has 1 atom stereocenters. The van der Waals surface area contributed by atoms with Gasteiger partial charge in [-0.3, -0.25) is 4.98 Å². The number of likely N-dealkylation sites (N-methyl/N-ethyl adjacent to an activating group) is 1. The first-order valence-electron chi connectivity index (χ1n) is 7.40. The lowest BCUT2D eigenvalue weighted by atomic mass is 9.91. The van der Waals surface area contributed by atoms with Gasteiger partial charge in [-0.2, -0.15) is 0 Å². The molecule has 23 heavy (non-hydrogen) atoms. The maximum Gasteiger partial charge on any atom is 0.0702 e. The van der Waals surface area contributed by atoms with Crippen molar-refractivity contribution >= 4 is 35.7 Å². The van der Waals surface area contributed by atoms with Crippen LogP contribution in [0.4, 0.5) is 0 Å². The number of hydrogen-bond donors (Lipinski definition) is 1. The van der Waals surface area contributed by atoms with Gasteiger partial charge >= 0.3 is 0 Å². The number of rotatable bonds is 5. The summed E-state index contributed by atoms with van der Waals surface area (Å²) in [6.07, 6.45) is 2.89. The van der Waals surface area contributed by atoms with E-state index in [2.05, 4.69) is 64.9 Å². The van der Waals surface area contributed by atoms with Crippen molar-refractivity contribution in [2.45, 2.75) is 12.3 Å². The molecule has 0 bridgehead atoms. The van der Waals surface area contributed by atoms with Crippen molar-refractivity contribution in [2.24, 2.45) is 0 Å². The fourth-order valence-corrected chi connectivity index (χ4v) is 2.80. The minimum absolute atomic E-state index is 0. The summed E-state index contributed by atoms with van der Waals surface area (Å²) in [5, 5.41) is 4.53. The topological polar surface area (TPSA) is 24.9 Å². The van der Waals surface area contributed by atoms with Crippen LogP contribution in [0.2, 0.25) is 0 Å². The number of halogens is 2. The Bertz CT molecular complexity index is 717. The van der Waals surface area contributed by atoms with Gasteiger partial charge in [0.15, 0.2) is 0 Å². The summed E-state index contributed by atoms with van der Waals surface area (Å²) in [5.74, 6) is 0.474. The molecule has 122 valence electrons. The van der Waals surface area contributed by atoms with Crippen LogP contribution >= 0.6 is 24.8 Å². The van der Waals surface area contributed by atoms with Gasteiger partial charge in [0, 0.05) is 24.0 Å². The molecule has 1 N–H and O–H groups in total. The quantitative estimate of drug-likeness (QED) is 0.727. The molecule has 0 aliphatic carbocycles. The second-order valence-corrected chi connectivity index (χ2v) is 5.40. The number of aromatic nitrogens is 1. The highest BCUT2D eigenvalue weighted by Crippen LogP contribution is 2.23. The first-order valence-corrected chi connectivity index (χ1v) is 7.40. The second-order valence-electron chi connectivity index (χ2n) is 5.40. The van der Waals surface area contributed by atoms with Crippen LogP contribution in [0.1, 0.15) is 17.0 Å². The SMILES string of the molecule is CNC[C@@H](Cc1ccccc1)c1ccc2ncccc2c1.Cl.Cl. The molecule has 1 aromatic heterocycles. The lowest BCUT2D eigenvalue weighted by Gasteiger charge is -2.18. The molecule has 1 heterocycles. The lowest BCUT2D eigenvalue weighted by molar-refractivity contribution is 0.626. The largest absolute Gasteiger partial charge is 0.319 e. The number of fused-ring (bicyclic) bond motifs is 1. The number of hydrogen-bond acceptors (Lipinski definition) is 2. The molecule has 0 aliphatic heterocycles. The number of nitrogens with one attached hydrogen (secondary N) is 1. The van der Waals surface area contributed by atoms with E-state index in [0.717, 1.165) is 18.5 Å². The molecule has 0 unspecified atom stereocenters. The minimum Gasteiger partial charge on any atom is -0.319 e. The predicted molar refractivity (Wildman–Crippen MR) is 103 cm³/mol. The van der Waals surface area contributed by atoms with E-state index in [1.165, 1.54) is 16.5 Å². The Hall–Kier alpha value is -1.61. The van der Waals surface area contributed by atoms with Crippen molar-refractivity contribution in [3.05, 3.63) is 78.0 Å². The van der Waals surface area contributed by atoms with Crippen molar-refractivity contribution in [3.63, 3.8) is 0 Å². The highest BCUT2D eigenvalue weighted by molar-refractivity contribution is 5.85. The molecule has 0 aliphatic rings. The summed E-state index contributed by atoms with van der Waals surface area (Å²) in [6.45, 7) is 0.973. The number of benzene rings is 2. The molecule has 0 amide bonds. The maximum absolute atomic E-state index is 4.40. The van der Waals surface area contributed by atoms with E-state index >= 15 is 0 Å². The van der Waals surface area contributed by atoms with Crippen molar-refractivity contribution in [1.29, 1.82) is 0 Å². The zero-order chi connectivity index (χ0) is 14.5. The molecule has 2 aromatic carbocycles.